The number of hydrogen-bond donors (Lipinski definition) is 0. The summed E-state index contributed by atoms with van der Waals surface area (Å²) in [5, 5.41) is 0. The highest BCUT2D eigenvalue weighted by Crippen LogP contribution is 2.41. The Morgan fingerprint density at radius 3 is 1.93 bits per heavy atom. The van der Waals surface area contributed by atoms with E-state index in [1.54, 1.807) is 5.56 Å². The first kappa shape index (κ1) is 14.2. The first-order valence-corrected chi connectivity index (χ1v) is 6.35. The molecular weight excluding hydrogens is 180 g/mol. The van der Waals surface area contributed by atoms with Gasteiger partial charge in [-0.05, 0) is 49.3 Å². The van der Waals surface area contributed by atoms with Crippen molar-refractivity contribution in [2.24, 2.45) is 0 Å². The van der Waals surface area contributed by atoms with Crippen LogP contribution in [0.2, 0.25) is 0 Å². The summed E-state index contributed by atoms with van der Waals surface area (Å²) in [5.41, 5.74) is 4.54. The van der Waals surface area contributed by atoms with Crippen LogP contribution in [-0.4, -0.2) is 0 Å². The van der Waals surface area contributed by atoms with Crippen LogP contribution in [0.15, 0.2) is 18.2 Å². The molecule has 0 unspecified atom stereocenters. The van der Waals surface area contributed by atoms with E-state index in [-0.39, 0.29) is 0 Å². The molecule has 0 nitrogen and oxygen atoms in total. The third-order valence-electron chi connectivity index (χ3n) is 2.66. The minimum atomic E-state index is 0.898. The molecule has 1 aromatic carbocycles. The summed E-state index contributed by atoms with van der Waals surface area (Å²) < 4.78 is 0. The number of aryl methyl sites for hydroxylation is 1. The Morgan fingerprint density at radius 1 is 0.933 bits per heavy atom. The molecule has 0 amide bonds. The Labute approximate surface area is 95.7 Å². The molecule has 15 heavy (non-hydrogen) atoms. The predicted octanol–water partition coefficient (Wildman–Crippen LogP) is 5.23. The Kier molecular flexibility index (Phi) is 7.11. The van der Waals surface area contributed by atoms with Gasteiger partial charge in [0.25, 0.3) is 0 Å². The van der Waals surface area contributed by atoms with Gasteiger partial charge in [-0.15, -0.1) is 0 Å². The Balaban J connectivity index is 0.000000442. The third-order valence-corrected chi connectivity index (χ3v) is 2.66. The molecule has 0 aliphatic heterocycles. The highest BCUT2D eigenvalue weighted by Gasteiger charge is 2.24. The van der Waals surface area contributed by atoms with E-state index in [1.807, 2.05) is 27.7 Å². The fraction of sp³-hybridized carbons (Fsp3) is 0.600. The van der Waals surface area contributed by atoms with Crippen molar-refractivity contribution in [1.29, 1.82) is 0 Å². The molecule has 2 rings (SSSR count). The smallest absolute Gasteiger partial charge is 0.0159 e. The molecule has 1 aliphatic carbocycles. The zero-order valence-corrected chi connectivity index (χ0v) is 11.2. The molecule has 0 aromatic heterocycles. The van der Waals surface area contributed by atoms with Gasteiger partial charge in [-0.1, -0.05) is 45.9 Å². The summed E-state index contributed by atoms with van der Waals surface area (Å²) in [4.78, 5) is 0. The summed E-state index contributed by atoms with van der Waals surface area (Å²) in [6.45, 7) is 12.4. The van der Waals surface area contributed by atoms with Crippen LogP contribution in [-0.2, 0) is 0 Å². The fourth-order valence-electron chi connectivity index (χ4n) is 1.61. The lowest BCUT2D eigenvalue weighted by Crippen LogP contribution is -1.88. The van der Waals surface area contributed by atoms with Crippen molar-refractivity contribution in [2.45, 2.75) is 60.3 Å². The van der Waals surface area contributed by atoms with Crippen molar-refractivity contribution in [3.8, 4) is 0 Å². The highest BCUT2D eigenvalue weighted by atomic mass is 14.3. The van der Waals surface area contributed by atoms with Gasteiger partial charge < -0.3 is 0 Å². The maximum atomic E-state index is 2.28. The maximum Gasteiger partial charge on any atom is -0.0159 e. The van der Waals surface area contributed by atoms with E-state index >= 15 is 0 Å². The van der Waals surface area contributed by atoms with E-state index in [9.17, 15) is 0 Å². The number of rotatable bonds is 1. The van der Waals surface area contributed by atoms with Crippen molar-refractivity contribution in [2.75, 3.05) is 0 Å². The van der Waals surface area contributed by atoms with Crippen LogP contribution in [0.1, 0.15) is 63.1 Å². The second-order valence-corrected chi connectivity index (χ2v) is 3.56. The van der Waals surface area contributed by atoms with E-state index < -0.39 is 0 Å². The van der Waals surface area contributed by atoms with Crippen molar-refractivity contribution in [1.82, 2.24) is 0 Å². The number of hydrogen-bond acceptors (Lipinski definition) is 0. The van der Waals surface area contributed by atoms with Gasteiger partial charge >= 0.3 is 0 Å². The van der Waals surface area contributed by atoms with Gasteiger partial charge in [-0.25, -0.2) is 0 Å². The quantitative estimate of drug-likeness (QED) is 0.590. The van der Waals surface area contributed by atoms with Gasteiger partial charge in [0, 0.05) is 0 Å². The van der Waals surface area contributed by atoms with Crippen LogP contribution in [0, 0.1) is 13.8 Å². The minimum absolute atomic E-state index is 0.898. The molecule has 0 heterocycles. The Morgan fingerprint density at radius 2 is 1.47 bits per heavy atom. The van der Waals surface area contributed by atoms with Crippen LogP contribution >= 0.6 is 0 Å². The first-order valence-electron chi connectivity index (χ1n) is 6.35. The summed E-state index contributed by atoms with van der Waals surface area (Å²) >= 11 is 0. The minimum Gasteiger partial charge on any atom is -0.0683 e. The average Bonchev–Trinajstić information content (AvgIpc) is 3.12. The molecule has 0 heteroatoms. The zero-order valence-electron chi connectivity index (χ0n) is 11.2. The van der Waals surface area contributed by atoms with Crippen LogP contribution in [0.3, 0.4) is 0 Å². The normalized spacial score (nSPS) is 13.2. The van der Waals surface area contributed by atoms with Gasteiger partial charge in [0.05, 0.1) is 0 Å². The van der Waals surface area contributed by atoms with Crippen LogP contribution in [0.5, 0.6) is 0 Å². The van der Waals surface area contributed by atoms with E-state index in [0.29, 0.717) is 0 Å². The Hall–Kier alpha value is -0.780. The third kappa shape index (κ3) is 4.07. The van der Waals surface area contributed by atoms with Crippen LogP contribution in [0.4, 0.5) is 0 Å². The predicted molar refractivity (Wildman–Crippen MR) is 70.6 cm³/mol. The monoisotopic (exact) mass is 206 g/mol. The van der Waals surface area contributed by atoms with Crippen molar-refractivity contribution in [3.63, 3.8) is 0 Å². The number of benzene rings is 1. The molecule has 0 atom stereocenters. The standard InChI is InChI=1S/C11H14.2C2H6/c1-8-4-3-5-11(9(8)2)10-6-7-10;2*1-2/h3-5,10H,6-7H2,1-2H3;2*1-2H3. The lowest BCUT2D eigenvalue weighted by atomic mass is 10.0. The molecule has 1 aromatic rings. The lowest BCUT2D eigenvalue weighted by molar-refractivity contribution is 1.08. The van der Waals surface area contributed by atoms with Gasteiger partial charge in [0.2, 0.25) is 0 Å². The molecule has 1 fully saturated rings. The molecule has 0 spiro atoms. The summed E-state index contributed by atoms with van der Waals surface area (Å²) in [6, 6.07) is 6.65. The molecule has 1 saturated carbocycles. The zero-order chi connectivity index (χ0) is 11.8. The maximum absolute atomic E-state index is 2.28. The highest BCUT2D eigenvalue weighted by molar-refractivity contribution is 5.37. The summed E-state index contributed by atoms with van der Waals surface area (Å²) in [6.07, 6.45) is 2.81. The van der Waals surface area contributed by atoms with Gasteiger partial charge in [-0.2, -0.15) is 0 Å². The van der Waals surface area contributed by atoms with E-state index in [1.165, 1.54) is 24.0 Å². The van der Waals surface area contributed by atoms with Crippen LogP contribution in [0.25, 0.3) is 0 Å². The second-order valence-electron chi connectivity index (χ2n) is 3.56. The molecule has 0 saturated heterocycles. The average molecular weight is 206 g/mol. The van der Waals surface area contributed by atoms with Gasteiger partial charge in [-0.3, -0.25) is 0 Å². The van der Waals surface area contributed by atoms with Gasteiger partial charge in [0.15, 0.2) is 0 Å². The van der Waals surface area contributed by atoms with E-state index in [4.69, 9.17) is 0 Å². The lowest BCUT2D eigenvalue weighted by Gasteiger charge is -2.05. The van der Waals surface area contributed by atoms with Crippen LogP contribution < -0.4 is 0 Å². The molecule has 0 radical (unpaired) electrons. The SMILES string of the molecule is CC.CC.Cc1cccc(C2CC2)c1C. The van der Waals surface area contributed by atoms with E-state index in [2.05, 4.69) is 32.0 Å². The van der Waals surface area contributed by atoms with Crippen molar-refractivity contribution in [3.05, 3.63) is 34.9 Å². The fourth-order valence-corrected chi connectivity index (χ4v) is 1.61. The summed E-state index contributed by atoms with van der Waals surface area (Å²) in [7, 11) is 0. The van der Waals surface area contributed by atoms with E-state index in [0.717, 1.165) is 5.92 Å². The molecule has 0 bridgehead atoms. The van der Waals surface area contributed by atoms with Gasteiger partial charge in [0.1, 0.15) is 0 Å². The molecule has 86 valence electrons. The second kappa shape index (κ2) is 7.50. The first-order chi connectivity index (χ1) is 7.29. The molecule has 0 N–H and O–H groups in total. The van der Waals surface area contributed by atoms with Crippen molar-refractivity contribution < 1.29 is 0 Å². The molecule has 1 aliphatic rings. The van der Waals surface area contributed by atoms with Crippen molar-refractivity contribution >= 4 is 0 Å². The molecular formula is C15H26. The topological polar surface area (TPSA) is 0 Å². The summed E-state index contributed by atoms with van der Waals surface area (Å²) in [5.74, 6) is 0.898. The largest absolute Gasteiger partial charge is 0.0683 e. The Bertz CT molecular complexity index is 269.